The fourth-order valence-corrected chi connectivity index (χ4v) is 1.45. The lowest BCUT2D eigenvalue weighted by Crippen LogP contribution is -2.23. The highest BCUT2D eigenvalue weighted by Crippen LogP contribution is 2.23. The van der Waals surface area contributed by atoms with Crippen molar-refractivity contribution in [2.45, 2.75) is 34.1 Å². The van der Waals surface area contributed by atoms with Gasteiger partial charge in [0.05, 0.1) is 24.1 Å². The second-order valence-electron chi connectivity index (χ2n) is 5.25. The summed E-state index contributed by atoms with van der Waals surface area (Å²) in [5.41, 5.74) is 6.86. The molecule has 0 aliphatic carbocycles. The van der Waals surface area contributed by atoms with E-state index in [1.54, 1.807) is 19.2 Å². The van der Waals surface area contributed by atoms with E-state index in [0.29, 0.717) is 23.7 Å². The predicted octanol–water partition coefficient (Wildman–Crippen LogP) is 2.69. The summed E-state index contributed by atoms with van der Waals surface area (Å²) >= 11 is 0. The van der Waals surface area contributed by atoms with Crippen molar-refractivity contribution in [3.05, 3.63) is 17.8 Å². The van der Waals surface area contributed by atoms with Crippen molar-refractivity contribution < 1.29 is 9.53 Å². The first-order chi connectivity index (χ1) is 8.89. The van der Waals surface area contributed by atoms with Crippen molar-refractivity contribution in [3.63, 3.8) is 0 Å². The molecule has 1 heterocycles. The Kier molecular flexibility index (Phi) is 5.15. The van der Waals surface area contributed by atoms with Crippen LogP contribution in [-0.2, 0) is 4.74 Å². The van der Waals surface area contributed by atoms with E-state index >= 15 is 0 Å². The number of rotatable bonds is 6. The third kappa shape index (κ3) is 4.43. The van der Waals surface area contributed by atoms with Crippen molar-refractivity contribution in [2.24, 2.45) is 5.41 Å². The number of nitrogens with zero attached hydrogens (tertiary/aromatic N) is 1. The van der Waals surface area contributed by atoms with Crippen LogP contribution in [0.4, 0.5) is 11.5 Å². The third-order valence-corrected chi connectivity index (χ3v) is 3.13. The van der Waals surface area contributed by atoms with Crippen LogP contribution in [0.2, 0.25) is 0 Å². The third-order valence-electron chi connectivity index (χ3n) is 3.13. The summed E-state index contributed by atoms with van der Waals surface area (Å²) < 4.78 is 5.02. The minimum Gasteiger partial charge on any atom is -0.462 e. The summed E-state index contributed by atoms with van der Waals surface area (Å²) in [6.45, 7) is 9.32. The average Bonchev–Trinajstić information content (AvgIpc) is 2.37. The largest absolute Gasteiger partial charge is 0.462 e. The lowest BCUT2D eigenvalue weighted by atomic mass is 9.90. The van der Waals surface area contributed by atoms with Crippen molar-refractivity contribution in [1.29, 1.82) is 0 Å². The standard InChI is InChI=1S/C14H23N3O2/c1-5-14(3,4)9-17-11-8-16-12(15)7-10(11)13(18)19-6-2/h7-8,17H,5-6,9H2,1-4H3,(H2,15,16). The Labute approximate surface area is 114 Å². The number of aromatic nitrogens is 1. The number of pyridine rings is 1. The fraction of sp³-hybridized carbons (Fsp3) is 0.571. The number of hydrogen-bond donors (Lipinski definition) is 2. The number of esters is 1. The number of nitrogen functional groups attached to an aromatic ring is 1. The molecule has 0 saturated heterocycles. The SMILES string of the molecule is CCOC(=O)c1cc(N)ncc1NCC(C)(C)CC. The second kappa shape index (κ2) is 6.41. The van der Waals surface area contributed by atoms with Crippen LogP contribution in [0.3, 0.4) is 0 Å². The second-order valence-corrected chi connectivity index (χ2v) is 5.25. The van der Waals surface area contributed by atoms with Gasteiger partial charge in [-0.15, -0.1) is 0 Å². The molecular formula is C14H23N3O2. The monoisotopic (exact) mass is 265 g/mol. The van der Waals surface area contributed by atoms with Gasteiger partial charge in [-0.1, -0.05) is 20.8 Å². The number of hydrogen-bond acceptors (Lipinski definition) is 5. The molecule has 5 nitrogen and oxygen atoms in total. The van der Waals surface area contributed by atoms with Crippen LogP contribution in [0.1, 0.15) is 44.5 Å². The van der Waals surface area contributed by atoms with Gasteiger partial charge in [-0.05, 0) is 24.8 Å². The van der Waals surface area contributed by atoms with Crippen LogP contribution in [0, 0.1) is 5.41 Å². The molecule has 0 radical (unpaired) electrons. The first-order valence-electron chi connectivity index (χ1n) is 6.56. The van der Waals surface area contributed by atoms with E-state index in [0.717, 1.165) is 13.0 Å². The van der Waals surface area contributed by atoms with Gasteiger partial charge in [0, 0.05) is 6.54 Å². The first kappa shape index (κ1) is 15.3. The van der Waals surface area contributed by atoms with Crippen molar-refractivity contribution in [2.75, 3.05) is 24.2 Å². The zero-order valence-corrected chi connectivity index (χ0v) is 12.1. The van der Waals surface area contributed by atoms with Gasteiger partial charge in [0.15, 0.2) is 0 Å². The Balaban J connectivity index is 2.91. The van der Waals surface area contributed by atoms with Gasteiger partial charge in [0.25, 0.3) is 0 Å². The van der Waals surface area contributed by atoms with Crippen LogP contribution in [-0.4, -0.2) is 24.1 Å². The quantitative estimate of drug-likeness (QED) is 0.773. The number of ether oxygens (including phenoxy) is 1. The Hall–Kier alpha value is -1.78. The van der Waals surface area contributed by atoms with Crippen LogP contribution in [0.5, 0.6) is 0 Å². The molecule has 0 amide bonds. The summed E-state index contributed by atoms with van der Waals surface area (Å²) in [6, 6.07) is 1.54. The van der Waals surface area contributed by atoms with E-state index in [-0.39, 0.29) is 11.4 Å². The van der Waals surface area contributed by atoms with Crippen molar-refractivity contribution >= 4 is 17.5 Å². The average molecular weight is 265 g/mol. The van der Waals surface area contributed by atoms with E-state index < -0.39 is 0 Å². The molecule has 0 aromatic carbocycles. The summed E-state index contributed by atoms with van der Waals surface area (Å²) in [7, 11) is 0. The number of nitrogens with one attached hydrogen (secondary N) is 1. The molecule has 0 atom stereocenters. The maximum Gasteiger partial charge on any atom is 0.340 e. The Morgan fingerprint density at radius 1 is 1.47 bits per heavy atom. The van der Waals surface area contributed by atoms with E-state index in [4.69, 9.17) is 10.5 Å². The lowest BCUT2D eigenvalue weighted by Gasteiger charge is -2.24. The summed E-state index contributed by atoms with van der Waals surface area (Å²) in [6.07, 6.45) is 2.62. The molecule has 0 fully saturated rings. The number of carbonyl (C=O) groups is 1. The summed E-state index contributed by atoms with van der Waals surface area (Å²) in [5, 5.41) is 3.25. The maximum atomic E-state index is 11.9. The Morgan fingerprint density at radius 2 is 2.16 bits per heavy atom. The molecule has 1 aromatic heterocycles. The molecule has 0 aliphatic rings. The van der Waals surface area contributed by atoms with Gasteiger partial charge in [0.1, 0.15) is 5.82 Å². The Bertz CT molecular complexity index is 444. The van der Waals surface area contributed by atoms with Crippen LogP contribution in [0.15, 0.2) is 12.3 Å². The topological polar surface area (TPSA) is 77.2 Å². The van der Waals surface area contributed by atoms with Gasteiger partial charge in [-0.25, -0.2) is 9.78 Å². The smallest absolute Gasteiger partial charge is 0.340 e. The minimum atomic E-state index is -0.381. The summed E-state index contributed by atoms with van der Waals surface area (Å²) in [5.74, 6) is -0.0724. The molecule has 3 N–H and O–H groups in total. The maximum absolute atomic E-state index is 11.9. The first-order valence-corrected chi connectivity index (χ1v) is 6.56. The van der Waals surface area contributed by atoms with Crippen molar-refractivity contribution in [3.8, 4) is 0 Å². The zero-order chi connectivity index (χ0) is 14.5. The minimum absolute atomic E-state index is 0.146. The van der Waals surface area contributed by atoms with Crippen molar-refractivity contribution in [1.82, 2.24) is 4.98 Å². The highest BCUT2D eigenvalue weighted by molar-refractivity contribution is 5.96. The van der Waals surface area contributed by atoms with E-state index in [9.17, 15) is 4.79 Å². The van der Waals surface area contributed by atoms with Gasteiger partial charge in [-0.3, -0.25) is 0 Å². The molecule has 1 rings (SSSR count). The Morgan fingerprint density at radius 3 is 2.74 bits per heavy atom. The number of carbonyl (C=O) groups excluding carboxylic acids is 1. The molecule has 0 aliphatic heterocycles. The van der Waals surface area contributed by atoms with Crippen LogP contribution >= 0.6 is 0 Å². The van der Waals surface area contributed by atoms with Crippen LogP contribution < -0.4 is 11.1 Å². The van der Waals surface area contributed by atoms with Gasteiger partial charge >= 0.3 is 5.97 Å². The molecule has 106 valence electrons. The molecular weight excluding hydrogens is 242 g/mol. The zero-order valence-electron chi connectivity index (χ0n) is 12.1. The summed E-state index contributed by atoms with van der Waals surface area (Å²) in [4.78, 5) is 15.9. The molecule has 0 bridgehead atoms. The molecule has 5 heteroatoms. The molecule has 0 unspecified atom stereocenters. The highest BCUT2D eigenvalue weighted by atomic mass is 16.5. The van der Waals surface area contributed by atoms with E-state index in [2.05, 4.69) is 31.1 Å². The van der Waals surface area contributed by atoms with E-state index in [1.807, 2.05) is 0 Å². The van der Waals surface area contributed by atoms with Crippen LogP contribution in [0.25, 0.3) is 0 Å². The molecule has 0 saturated carbocycles. The van der Waals surface area contributed by atoms with Gasteiger partial charge in [-0.2, -0.15) is 0 Å². The normalized spacial score (nSPS) is 11.2. The number of nitrogens with two attached hydrogens (primary N) is 1. The molecule has 19 heavy (non-hydrogen) atoms. The van der Waals surface area contributed by atoms with Gasteiger partial charge in [0.2, 0.25) is 0 Å². The molecule has 1 aromatic rings. The predicted molar refractivity (Wildman–Crippen MR) is 77.2 cm³/mol. The highest BCUT2D eigenvalue weighted by Gasteiger charge is 2.18. The molecule has 0 spiro atoms. The lowest BCUT2D eigenvalue weighted by molar-refractivity contribution is 0.0527. The number of anilines is 2. The van der Waals surface area contributed by atoms with Gasteiger partial charge < -0.3 is 15.8 Å². The van der Waals surface area contributed by atoms with E-state index in [1.165, 1.54) is 0 Å². The fourth-order valence-electron chi connectivity index (χ4n) is 1.45.